The Hall–Kier alpha value is -3.20. The SMILES string of the molecule is CC(C)C(=O)N1Cc2nc(-c3ccc(NC(=O)NC4CC4)cc3)nc(N3CCOC[C@@H]3C)c2C1. The average Bonchev–Trinajstić information content (AvgIpc) is 3.52. The lowest BCUT2D eigenvalue weighted by Gasteiger charge is -2.35. The van der Waals surface area contributed by atoms with Gasteiger partial charge in [0.15, 0.2) is 5.82 Å². The van der Waals surface area contributed by atoms with E-state index in [1.165, 1.54) is 0 Å². The van der Waals surface area contributed by atoms with E-state index in [1.807, 2.05) is 43.0 Å². The highest BCUT2D eigenvalue weighted by Gasteiger charge is 2.33. The van der Waals surface area contributed by atoms with Crippen LogP contribution in [0.3, 0.4) is 0 Å². The summed E-state index contributed by atoms with van der Waals surface area (Å²) in [5.41, 5.74) is 3.52. The first kappa shape index (κ1) is 22.6. The molecule has 34 heavy (non-hydrogen) atoms. The molecule has 0 unspecified atom stereocenters. The molecule has 180 valence electrons. The highest BCUT2D eigenvalue weighted by molar-refractivity contribution is 5.90. The Labute approximate surface area is 199 Å². The molecule has 1 aromatic heterocycles. The number of fused-ring (bicyclic) bond motifs is 1. The molecule has 9 heteroatoms. The molecule has 3 aliphatic rings. The molecular weight excluding hydrogens is 432 g/mol. The fourth-order valence-corrected chi connectivity index (χ4v) is 4.45. The molecule has 1 aliphatic carbocycles. The molecule has 1 aromatic carbocycles. The number of benzene rings is 1. The number of hydrogen-bond donors (Lipinski definition) is 2. The quantitative estimate of drug-likeness (QED) is 0.705. The number of carbonyl (C=O) groups excluding carboxylic acids is 2. The average molecular weight is 465 g/mol. The zero-order valence-electron chi connectivity index (χ0n) is 20.0. The van der Waals surface area contributed by atoms with Gasteiger partial charge in [-0.25, -0.2) is 14.8 Å². The first-order chi connectivity index (χ1) is 16.4. The van der Waals surface area contributed by atoms with E-state index in [4.69, 9.17) is 14.7 Å². The normalized spacial score (nSPS) is 19.8. The van der Waals surface area contributed by atoms with Gasteiger partial charge in [0, 0.05) is 35.3 Å². The maximum atomic E-state index is 12.7. The number of nitrogens with one attached hydrogen (secondary N) is 2. The van der Waals surface area contributed by atoms with E-state index >= 15 is 0 Å². The highest BCUT2D eigenvalue weighted by atomic mass is 16.5. The maximum Gasteiger partial charge on any atom is 0.319 e. The summed E-state index contributed by atoms with van der Waals surface area (Å²) in [4.78, 5) is 38.8. The summed E-state index contributed by atoms with van der Waals surface area (Å²) in [6.45, 7) is 9.05. The summed E-state index contributed by atoms with van der Waals surface area (Å²) in [5.74, 6) is 1.58. The van der Waals surface area contributed by atoms with Gasteiger partial charge in [0.25, 0.3) is 0 Å². The predicted octanol–water partition coefficient (Wildman–Crippen LogP) is 3.15. The summed E-state index contributed by atoms with van der Waals surface area (Å²) in [6.07, 6.45) is 2.10. The van der Waals surface area contributed by atoms with Crippen molar-refractivity contribution in [3.8, 4) is 11.4 Å². The number of ether oxygens (including phenoxy) is 1. The second-order valence-electron chi connectivity index (χ2n) is 9.71. The molecule has 0 spiro atoms. The summed E-state index contributed by atoms with van der Waals surface area (Å²) < 4.78 is 5.64. The van der Waals surface area contributed by atoms with Gasteiger partial charge >= 0.3 is 6.03 Å². The minimum Gasteiger partial charge on any atom is -0.377 e. The lowest BCUT2D eigenvalue weighted by atomic mass is 10.1. The maximum absolute atomic E-state index is 12.7. The van der Waals surface area contributed by atoms with Crippen LogP contribution >= 0.6 is 0 Å². The first-order valence-corrected chi connectivity index (χ1v) is 12.1. The van der Waals surface area contributed by atoms with E-state index in [0.717, 1.165) is 47.7 Å². The molecule has 2 N–H and O–H groups in total. The molecule has 1 saturated heterocycles. The standard InChI is InChI=1S/C25H32N6O3/c1-15(2)24(32)30-12-20-21(13-30)28-22(29-23(20)31-10-11-34-14-16(31)3)17-4-6-18(7-5-17)26-25(33)27-19-8-9-19/h4-7,15-16,19H,8-14H2,1-3H3,(H2,26,27,33)/t16-/m0/s1. The van der Waals surface area contributed by atoms with E-state index in [1.54, 1.807) is 0 Å². The molecule has 3 amide bonds. The van der Waals surface area contributed by atoms with Crippen molar-refractivity contribution in [2.45, 2.75) is 58.8 Å². The van der Waals surface area contributed by atoms with Gasteiger partial charge in [0.1, 0.15) is 5.82 Å². The van der Waals surface area contributed by atoms with Gasteiger partial charge in [-0.3, -0.25) is 4.79 Å². The van der Waals surface area contributed by atoms with Crippen LogP contribution in [0.1, 0.15) is 44.9 Å². The van der Waals surface area contributed by atoms with Crippen molar-refractivity contribution in [1.82, 2.24) is 20.2 Å². The summed E-state index contributed by atoms with van der Waals surface area (Å²) in [7, 11) is 0. The number of anilines is 2. The van der Waals surface area contributed by atoms with Crippen molar-refractivity contribution in [3.63, 3.8) is 0 Å². The van der Waals surface area contributed by atoms with Crippen molar-refractivity contribution in [2.75, 3.05) is 30.0 Å². The van der Waals surface area contributed by atoms with Crippen LogP contribution in [-0.4, -0.2) is 58.6 Å². The molecule has 5 rings (SSSR count). The second kappa shape index (κ2) is 9.21. The van der Waals surface area contributed by atoms with Gasteiger partial charge in [-0.05, 0) is 44.0 Å². The Bertz CT molecular complexity index is 1080. The highest BCUT2D eigenvalue weighted by Crippen LogP contribution is 2.34. The van der Waals surface area contributed by atoms with E-state index in [-0.39, 0.29) is 23.9 Å². The summed E-state index contributed by atoms with van der Waals surface area (Å²) in [5, 5.41) is 5.80. The van der Waals surface area contributed by atoms with Gasteiger partial charge in [0.2, 0.25) is 5.91 Å². The van der Waals surface area contributed by atoms with Crippen molar-refractivity contribution in [3.05, 3.63) is 35.5 Å². The minimum absolute atomic E-state index is 0.0651. The minimum atomic E-state index is -0.178. The number of urea groups is 1. The zero-order valence-corrected chi connectivity index (χ0v) is 20.0. The van der Waals surface area contributed by atoms with Gasteiger partial charge < -0.3 is 25.2 Å². The van der Waals surface area contributed by atoms with Gasteiger partial charge in [-0.1, -0.05) is 13.8 Å². The Morgan fingerprint density at radius 1 is 1.12 bits per heavy atom. The molecular formula is C25H32N6O3. The van der Waals surface area contributed by atoms with E-state index < -0.39 is 0 Å². The van der Waals surface area contributed by atoms with E-state index in [9.17, 15) is 9.59 Å². The largest absolute Gasteiger partial charge is 0.377 e. The fourth-order valence-electron chi connectivity index (χ4n) is 4.45. The molecule has 9 nitrogen and oxygen atoms in total. The Morgan fingerprint density at radius 2 is 1.88 bits per heavy atom. The first-order valence-electron chi connectivity index (χ1n) is 12.1. The Balaban J connectivity index is 1.43. The number of morpholine rings is 1. The molecule has 1 atom stereocenters. The number of carbonyl (C=O) groups is 2. The van der Waals surface area contributed by atoms with Crippen LogP contribution in [-0.2, 0) is 22.6 Å². The smallest absolute Gasteiger partial charge is 0.319 e. The van der Waals surface area contributed by atoms with Gasteiger partial charge in [-0.15, -0.1) is 0 Å². The van der Waals surface area contributed by atoms with Crippen LogP contribution in [0.5, 0.6) is 0 Å². The molecule has 2 aromatic rings. The third kappa shape index (κ3) is 4.70. The number of aromatic nitrogens is 2. The lowest BCUT2D eigenvalue weighted by molar-refractivity contribution is -0.135. The van der Waals surface area contributed by atoms with Crippen molar-refractivity contribution in [2.24, 2.45) is 5.92 Å². The monoisotopic (exact) mass is 464 g/mol. The predicted molar refractivity (Wildman–Crippen MR) is 129 cm³/mol. The topological polar surface area (TPSA) is 99.7 Å². The van der Waals surface area contributed by atoms with Crippen molar-refractivity contribution >= 4 is 23.4 Å². The number of rotatable bonds is 5. The Morgan fingerprint density at radius 3 is 2.56 bits per heavy atom. The molecule has 0 bridgehead atoms. The lowest BCUT2D eigenvalue weighted by Crippen LogP contribution is -2.44. The Kier molecular flexibility index (Phi) is 6.12. The molecule has 1 saturated carbocycles. The van der Waals surface area contributed by atoms with Crippen molar-refractivity contribution < 1.29 is 14.3 Å². The van der Waals surface area contributed by atoms with Crippen LogP contribution < -0.4 is 15.5 Å². The molecule has 3 heterocycles. The van der Waals surface area contributed by atoms with Crippen LogP contribution in [0, 0.1) is 5.92 Å². The number of hydrogen-bond acceptors (Lipinski definition) is 6. The third-order valence-corrected chi connectivity index (χ3v) is 6.52. The van der Waals surface area contributed by atoms with Crippen LogP contribution in [0.2, 0.25) is 0 Å². The third-order valence-electron chi connectivity index (χ3n) is 6.52. The van der Waals surface area contributed by atoms with Crippen molar-refractivity contribution in [1.29, 1.82) is 0 Å². The zero-order chi connectivity index (χ0) is 23.8. The molecule has 2 fully saturated rings. The van der Waals surface area contributed by atoms with Crippen LogP contribution in [0.15, 0.2) is 24.3 Å². The summed E-state index contributed by atoms with van der Waals surface area (Å²) >= 11 is 0. The number of nitrogens with zero attached hydrogens (tertiary/aromatic N) is 4. The van der Waals surface area contributed by atoms with Gasteiger partial charge in [0.05, 0.1) is 38.0 Å². The molecule has 2 aliphatic heterocycles. The van der Waals surface area contributed by atoms with E-state index in [2.05, 4.69) is 22.5 Å². The van der Waals surface area contributed by atoms with E-state index in [0.29, 0.717) is 38.2 Å². The fraction of sp³-hybridized carbons (Fsp3) is 0.520. The second-order valence-corrected chi connectivity index (χ2v) is 9.71. The van der Waals surface area contributed by atoms with Gasteiger partial charge in [-0.2, -0.15) is 0 Å². The number of amides is 3. The van der Waals surface area contributed by atoms with Crippen LogP contribution in [0.4, 0.5) is 16.3 Å². The summed E-state index contributed by atoms with van der Waals surface area (Å²) in [6, 6.07) is 7.89. The van der Waals surface area contributed by atoms with Crippen LogP contribution in [0.25, 0.3) is 11.4 Å². The molecule has 0 radical (unpaired) electrons.